The minimum absolute atomic E-state index is 0.189. The summed E-state index contributed by atoms with van der Waals surface area (Å²) in [7, 11) is 0. The van der Waals surface area contributed by atoms with Gasteiger partial charge in [0.15, 0.2) is 5.11 Å². The van der Waals surface area contributed by atoms with E-state index in [0.717, 1.165) is 5.69 Å². The number of hydrogen-bond donors (Lipinski definition) is 2. The largest absolute Gasteiger partial charge is 0.489 e. The Hall–Kier alpha value is -2.14. The Morgan fingerprint density at radius 1 is 1.16 bits per heavy atom. The van der Waals surface area contributed by atoms with E-state index in [1.54, 1.807) is 42.5 Å². The Balaban J connectivity index is 1.97. The van der Waals surface area contributed by atoms with Gasteiger partial charge in [0, 0.05) is 11.3 Å². The van der Waals surface area contributed by atoms with Crippen molar-refractivity contribution in [3.05, 3.63) is 59.9 Å². The number of nitrogens with one attached hydrogen (secondary N) is 1. The van der Waals surface area contributed by atoms with Gasteiger partial charge in [-0.05, 0) is 42.5 Å². The van der Waals surface area contributed by atoms with Crippen LogP contribution >= 0.6 is 12.2 Å². The van der Waals surface area contributed by atoms with Crippen molar-refractivity contribution in [1.29, 1.82) is 0 Å². The maximum absolute atomic E-state index is 13.4. The molecule has 0 heterocycles. The number of hydrogen-bond acceptors (Lipinski definition) is 2. The zero-order valence-electron chi connectivity index (χ0n) is 10.1. The number of halogens is 1. The van der Waals surface area contributed by atoms with Gasteiger partial charge >= 0.3 is 0 Å². The molecule has 0 fully saturated rings. The molecule has 0 aliphatic heterocycles. The molecule has 19 heavy (non-hydrogen) atoms. The molecule has 0 amide bonds. The van der Waals surface area contributed by atoms with Crippen LogP contribution in [0.5, 0.6) is 5.75 Å². The predicted molar refractivity (Wildman–Crippen MR) is 77.6 cm³/mol. The van der Waals surface area contributed by atoms with Crippen LogP contribution in [0.15, 0.2) is 48.5 Å². The van der Waals surface area contributed by atoms with Crippen molar-refractivity contribution in [3.8, 4) is 5.75 Å². The highest BCUT2D eigenvalue weighted by molar-refractivity contribution is 7.80. The van der Waals surface area contributed by atoms with Gasteiger partial charge in [-0.3, -0.25) is 0 Å². The van der Waals surface area contributed by atoms with E-state index in [-0.39, 0.29) is 17.5 Å². The van der Waals surface area contributed by atoms with Gasteiger partial charge < -0.3 is 15.8 Å². The summed E-state index contributed by atoms with van der Waals surface area (Å²) < 4.78 is 18.9. The highest BCUT2D eigenvalue weighted by Crippen LogP contribution is 2.17. The molecule has 0 radical (unpaired) electrons. The molecule has 98 valence electrons. The van der Waals surface area contributed by atoms with E-state index < -0.39 is 0 Å². The van der Waals surface area contributed by atoms with Crippen LogP contribution in [-0.4, -0.2) is 5.11 Å². The second kappa shape index (κ2) is 6.15. The van der Waals surface area contributed by atoms with E-state index in [1.165, 1.54) is 6.07 Å². The maximum Gasteiger partial charge on any atom is 0.168 e. The van der Waals surface area contributed by atoms with Gasteiger partial charge in [-0.25, -0.2) is 4.39 Å². The van der Waals surface area contributed by atoms with E-state index in [9.17, 15) is 4.39 Å². The minimum atomic E-state index is -0.269. The first-order valence-electron chi connectivity index (χ1n) is 5.68. The highest BCUT2D eigenvalue weighted by Gasteiger charge is 2.02. The number of anilines is 1. The van der Waals surface area contributed by atoms with E-state index in [4.69, 9.17) is 22.7 Å². The predicted octanol–water partition coefficient (Wildman–Crippen LogP) is 3.06. The average molecular weight is 276 g/mol. The second-order valence-corrected chi connectivity index (χ2v) is 4.33. The monoisotopic (exact) mass is 276 g/mol. The Labute approximate surface area is 116 Å². The SMILES string of the molecule is NC(=S)Nc1ccc(OCc2ccccc2F)cc1. The lowest BCUT2D eigenvalue weighted by Crippen LogP contribution is -2.18. The summed E-state index contributed by atoms with van der Waals surface area (Å²) in [5.74, 6) is 0.381. The molecule has 0 spiro atoms. The molecule has 5 heteroatoms. The first-order valence-corrected chi connectivity index (χ1v) is 6.09. The van der Waals surface area contributed by atoms with Gasteiger partial charge in [-0.15, -0.1) is 0 Å². The zero-order chi connectivity index (χ0) is 13.7. The van der Waals surface area contributed by atoms with Crippen LogP contribution in [0.2, 0.25) is 0 Å². The molecule has 0 unspecified atom stereocenters. The Morgan fingerprint density at radius 3 is 2.47 bits per heavy atom. The van der Waals surface area contributed by atoms with Crippen molar-refractivity contribution in [2.24, 2.45) is 5.73 Å². The molecular weight excluding hydrogens is 263 g/mol. The maximum atomic E-state index is 13.4. The van der Waals surface area contributed by atoms with Gasteiger partial charge in [0.25, 0.3) is 0 Å². The molecule has 0 bridgehead atoms. The first kappa shape index (κ1) is 13.3. The molecule has 2 aromatic rings. The number of rotatable bonds is 4. The quantitative estimate of drug-likeness (QED) is 0.843. The van der Waals surface area contributed by atoms with Crippen molar-refractivity contribution in [1.82, 2.24) is 0 Å². The van der Waals surface area contributed by atoms with Crippen LogP contribution in [-0.2, 0) is 6.61 Å². The van der Waals surface area contributed by atoms with Gasteiger partial charge in [0.1, 0.15) is 18.2 Å². The van der Waals surface area contributed by atoms with Crippen LogP contribution in [0.1, 0.15) is 5.56 Å². The smallest absolute Gasteiger partial charge is 0.168 e. The highest BCUT2D eigenvalue weighted by atomic mass is 32.1. The topological polar surface area (TPSA) is 47.3 Å². The molecule has 2 aromatic carbocycles. The van der Waals surface area contributed by atoms with Gasteiger partial charge in [-0.1, -0.05) is 18.2 Å². The third kappa shape index (κ3) is 3.93. The summed E-state index contributed by atoms with van der Waals surface area (Å²) in [5.41, 5.74) is 6.67. The van der Waals surface area contributed by atoms with Crippen molar-refractivity contribution in [2.75, 3.05) is 5.32 Å². The Kier molecular flexibility index (Phi) is 4.30. The third-order valence-electron chi connectivity index (χ3n) is 2.47. The molecular formula is C14H13FN2OS. The average Bonchev–Trinajstić information content (AvgIpc) is 2.39. The van der Waals surface area contributed by atoms with Crippen LogP contribution in [0, 0.1) is 5.82 Å². The summed E-state index contributed by atoms with van der Waals surface area (Å²) in [6.45, 7) is 0.189. The van der Waals surface area contributed by atoms with Crippen LogP contribution < -0.4 is 15.8 Å². The Morgan fingerprint density at radius 2 is 1.84 bits per heavy atom. The lowest BCUT2D eigenvalue weighted by Gasteiger charge is -2.08. The molecule has 0 saturated carbocycles. The molecule has 0 saturated heterocycles. The summed E-state index contributed by atoms with van der Waals surface area (Å²) in [5, 5.41) is 3.02. The van der Waals surface area contributed by atoms with E-state index in [0.29, 0.717) is 11.3 Å². The van der Waals surface area contributed by atoms with Gasteiger partial charge in [0.05, 0.1) is 0 Å². The fourth-order valence-corrected chi connectivity index (χ4v) is 1.67. The lowest BCUT2D eigenvalue weighted by atomic mass is 10.2. The fraction of sp³-hybridized carbons (Fsp3) is 0.0714. The summed E-state index contributed by atoms with van der Waals surface area (Å²) in [6.07, 6.45) is 0. The van der Waals surface area contributed by atoms with Crippen molar-refractivity contribution >= 4 is 23.0 Å². The fourth-order valence-electron chi connectivity index (χ4n) is 1.55. The van der Waals surface area contributed by atoms with Crippen molar-refractivity contribution in [2.45, 2.75) is 6.61 Å². The lowest BCUT2D eigenvalue weighted by molar-refractivity contribution is 0.300. The molecule has 0 atom stereocenters. The van der Waals surface area contributed by atoms with Crippen LogP contribution in [0.3, 0.4) is 0 Å². The minimum Gasteiger partial charge on any atom is -0.489 e. The number of nitrogens with two attached hydrogens (primary N) is 1. The van der Waals surface area contributed by atoms with Gasteiger partial charge in [-0.2, -0.15) is 0 Å². The molecule has 0 aromatic heterocycles. The van der Waals surface area contributed by atoms with Crippen LogP contribution in [0.4, 0.5) is 10.1 Å². The van der Waals surface area contributed by atoms with E-state index >= 15 is 0 Å². The summed E-state index contributed by atoms with van der Waals surface area (Å²) in [4.78, 5) is 0. The molecule has 0 aliphatic carbocycles. The first-order chi connectivity index (χ1) is 9.15. The molecule has 2 rings (SSSR count). The van der Waals surface area contributed by atoms with Crippen molar-refractivity contribution < 1.29 is 9.13 Å². The zero-order valence-corrected chi connectivity index (χ0v) is 10.9. The molecule has 3 nitrogen and oxygen atoms in total. The summed E-state index contributed by atoms with van der Waals surface area (Å²) >= 11 is 4.73. The standard InChI is InChI=1S/C14H13FN2OS/c15-13-4-2-1-3-10(13)9-18-12-7-5-11(6-8-12)17-14(16)19/h1-8H,9H2,(H3,16,17,19). The van der Waals surface area contributed by atoms with E-state index in [2.05, 4.69) is 5.32 Å². The molecule has 0 aliphatic rings. The van der Waals surface area contributed by atoms with Crippen molar-refractivity contribution in [3.63, 3.8) is 0 Å². The summed E-state index contributed by atoms with van der Waals surface area (Å²) in [6, 6.07) is 13.6. The molecule has 3 N–H and O–H groups in total. The number of benzene rings is 2. The van der Waals surface area contributed by atoms with Crippen LogP contribution in [0.25, 0.3) is 0 Å². The second-order valence-electron chi connectivity index (χ2n) is 3.89. The normalized spacial score (nSPS) is 9.95. The number of thiocarbonyl (C=S) groups is 1. The third-order valence-corrected chi connectivity index (χ3v) is 2.58. The van der Waals surface area contributed by atoms with E-state index in [1.807, 2.05) is 0 Å². The van der Waals surface area contributed by atoms with Gasteiger partial charge in [0.2, 0.25) is 0 Å². The Bertz CT molecular complexity index is 572. The number of ether oxygens (including phenoxy) is 1.